The second-order valence-corrected chi connectivity index (χ2v) is 6.61. The second kappa shape index (κ2) is 4.30. The van der Waals surface area contributed by atoms with E-state index in [-0.39, 0.29) is 5.90 Å². The van der Waals surface area contributed by atoms with Crippen molar-refractivity contribution in [3.63, 3.8) is 0 Å². The molecular formula is C15H12N4O2S. The first kappa shape index (κ1) is 14.5. The van der Waals surface area contributed by atoms with Gasteiger partial charge in [0.1, 0.15) is 6.10 Å². The largest absolute Gasteiger partial charge is 0.448 e. The van der Waals surface area contributed by atoms with E-state index in [0.29, 0.717) is 4.88 Å². The molecule has 4 heterocycles. The van der Waals surface area contributed by atoms with Gasteiger partial charge in [0.05, 0.1) is 24.1 Å². The van der Waals surface area contributed by atoms with Crippen molar-refractivity contribution in [3.8, 4) is 18.2 Å². The van der Waals surface area contributed by atoms with E-state index in [0.717, 1.165) is 0 Å². The Morgan fingerprint density at radius 1 is 1.27 bits per heavy atom. The fraction of sp³-hybridized carbons (Fsp3) is 0.467. The van der Waals surface area contributed by atoms with Gasteiger partial charge in [-0.05, 0) is 11.4 Å². The van der Waals surface area contributed by atoms with Gasteiger partial charge in [-0.15, -0.1) is 11.3 Å². The molecule has 2 bridgehead atoms. The lowest BCUT2D eigenvalue weighted by molar-refractivity contribution is -0.337. The molecule has 4 rings (SSSR count). The highest BCUT2D eigenvalue weighted by Crippen LogP contribution is 2.66. The predicted octanol–water partition coefficient (Wildman–Crippen LogP) is 2.72. The average molecular weight is 312 g/mol. The van der Waals surface area contributed by atoms with E-state index in [1.54, 1.807) is 26.0 Å². The highest BCUT2D eigenvalue weighted by Gasteiger charge is 2.78. The molecule has 4 atom stereocenters. The summed E-state index contributed by atoms with van der Waals surface area (Å²) in [5.74, 6) is -2.35. The normalized spacial score (nSPS) is 38.4. The zero-order valence-electron chi connectivity index (χ0n) is 12.0. The van der Waals surface area contributed by atoms with E-state index < -0.39 is 28.6 Å². The molecule has 1 aromatic rings. The van der Waals surface area contributed by atoms with Gasteiger partial charge in [-0.1, -0.05) is 13.0 Å². The Kier molecular flexibility index (Phi) is 2.84. The molecule has 3 aliphatic heterocycles. The second-order valence-electron chi connectivity index (χ2n) is 5.63. The number of ether oxygens (including phenoxy) is 2. The number of fused-ring (bicyclic) bond motifs is 3. The molecule has 0 radical (unpaired) electrons. The predicted molar refractivity (Wildman–Crippen MR) is 76.2 cm³/mol. The highest BCUT2D eigenvalue weighted by atomic mass is 32.1. The molecule has 1 aromatic heterocycles. The Morgan fingerprint density at radius 2 is 1.95 bits per heavy atom. The van der Waals surface area contributed by atoms with Crippen LogP contribution in [0.5, 0.6) is 0 Å². The summed E-state index contributed by atoms with van der Waals surface area (Å²) >= 11 is 1.36. The molecule has 3 aliphatic rings. The molecule has 7 heteroatoms. The Labute approximate surface area is 131 Å². The number of rotatable bonds is 1. The molecule has 0 aromatic carbocycles. The molecule has 3 saturated heterocycles. The van der Waals surface area contributed by atoms with E-state index in [4.69, 9.17) is 14.9 Å². The summed E-state index contributed by atoms with van der Waals surface area (Å²) in [5, 5.41) is 39.4. The maximum atomic E-state index is 9.86. The first-order chi connectivity index (χ1) is 10.4. The third-order valence-corrected chi connectivity index (χ3v) is 5.71. The summed E-state index contributed by atoms with van der Waals surface area (Å²) in [4.78, 5) is 0.697. The Bertz CT molecular complexity index is 755. The van der Waals surface area contributed by atoms with Crippen LogP contribution in [0.3, 0.4) is 0 Å². The van der Waals surface area contributed by atoms with Crippen LogP contribution in [0.2, 0.25) is 0 Å². The van der Waals surface area contributed by atoms with Crippen molar-refractivity contribution in [1.29, 1.82) is 21.2 Å². The summed E-state index contributed by atoms with van der Waals surface area (Å²) in [7, 11) is 0. The molecule has 0 amide bonds. The lowest BCUT2D eigenvalue weighted by Crippen LogP contribution is -2.71. The van der Waals surface area contributed by atoms with Crippen LogP contribution < -0.4 is 0 Å². The zero-order chi connectivity index (χ0) is 16.2. The summed E-state index contributed by atoms with van der Waals surface area (Å²) in [5.41, 5.74) is -3.49. The first-order valence-corrected chi connectivity index (χ1v) is 7.53. The molecular weight excluding hydrogens is 300 g/mol. The minimum Gasteiger partial charge on any atom is -0.448 e. The minimum atomic E-state index is -1.78. The van der Waals surface area contributed by atoms with Crippen molar-refractivity contribution in [1.82, 2.24) is 0 Å². The van der Waals surface area contributed by atoms with Gasteiger partial charge in [0.25, 0.3) is 0 Å². The third-order valence-electron chi connectivity index (χ3n) is 4.80. The van der Waals surface area contributed by atoms with Gasteiger partial charge in [0.15, 0.2) is 10.8 Å². The van der Waals surface area contributed by atoms with Crippen LogP contribution in [0, 0.1) is 56.2 Å². The molecule has 3 fully saturated rings. The molecule has 0 aliphatic carbocycles. The van der Waals surface area contributed by atoms with Crippen LogP contribution in [0.4, 0.5) is 0 Å². The molecule has 0 spiro atoms. The minimum absolute atomic E-state index is 0.372. The first-order valence-electron chi connectivity index (χ1n) is 6.65. The zero-order valence-corrected chi connectivity index (χ0v) is 12.8. The van der Waals surface area contributed by atoms with Gasteiger partial charge in [-0.25, -0.2) is 0 Å². The van der Waals surface area contributed by atoms with Gasteiger partial charge in [0, 0.05) is 11.8 Å². The van der Waals surface area contributed by atoms with Crippen molar-refractivity contribution in [2.75, 3.05) is 0 Å². The molecule has 1 N–H and O–H groups in total. The van der Waals surface area contributed by atoms with Gasteiger partial charge in [0.2, 0.25) is 11.7 Å². The summed E-state index contributed by atoms with van der Waals surface area (Å²) < 4.78 is 11.5. The quantitative estimate of drug-likeness (QED) is 0.856. The van der Waals surface area contributed by atoms with Gasteiger partial charge in [-0.2, -0.15) is 15.8 Å². The van der Waals surface area contributed by atoms with E-state index in [1.807, 2.05) is 23.6 Å². The highest BCUT2D eigenvalue weighted by molar-refractivity contribution is 7.10. The standard InChI is InChI=1S/C15H12N4O2S/c1-9-13(2)20-11(10-4-3-5-22-10)15(8-18,12(19)21-13)14(9,6-16)7-17/h3-5,9,11,19H,1-2H3/t9-,11-,13+,15+/m0/s1. The van der Waals surface area contributed by atoms with Crippen LogP contribution in [0.25, 0.3) is 0 Å². The Morgan fingerprint density at radius 3 is 2.45 bits per heavy atom. The molecule has 0 saturated carbocycles. The Balaban J connectivity index is 2.35. The van der Waals surface area contributed by atoms with Crippen LogP contribution in [0.15, 0.2) is 17.5 Å². The number of nitrogens with one attached hydrogen (secondary N) is 1. The van der Waals surface area contributed by atoms with Gasteiger partial charge < -0.3 is 9.47 Å². The maximum Gasteiger partial charge on any atom is 0.215 e. The topological polar surface area (TPSA) is 114 Å². The van der Waals surface area contributed by atoms with Crippen molar-refractivity contribution >= 4 is 17.2 Å². The Hall–Kier alpha value is -2.40. The van der Waals surface area contributed by atoms with Gasteiger partial charge >= 0.3 is 0 Å². The maximum absolute atomic E-state index is 9.86. The number of hydrogen-bond acceptors (Lipinski definition) is 7. The van der Waals surface area contributed by atoms with Crippen LogP contribution in [0.1, 0.15) is 24.8 Å². The number of nitrogens with zero attached hydrogens (tertiary/aromatic N) is 3. The molecule has 110 valence electrons. The van der Waals surface area contributed by atoms with Crippen LogP contribution in [-0.4, -0.2) is 11.7 Å². The summed E-state index contributed by atoms with van der Waals surface area (Å²) in [6, 6.07) is 9.61. The number of hydrogen-bond donors (Lipinski definition) is 1. The number of nitriles is 3. The third kappa shape index (κ3) is 1.32. The fourth-order valence-electron chi connectivity index (χ4n) is 3.36. The SMILES string of the molecule is C[C@@H]1C(C#N)(C#N)[C@@]2(C#N)C(=N)O[C@@]1(C)O[C@H]2c1cccs1. The van der Waals surface area contributed by atoms with Crippen molar-refractivity contribution in [3.05, 3.63) is 22.4 Å². The average Bonchev–Trinajstić information content (AvgIpc) is 3.03. The molecule has 0 unspecified atom stereocenters. The molecule has 6 nitrogen and oxygen atoms in total. The van der Waals surface area contributed by atoms with Crippen LogP contribution in [-0.2, 0) is 9.47 Å². The van der Waals surface area contributed by atoms with E-state index in [2.05, 4.69) is 0 Å². The van der Waals surface area contributed by atoms with E-state index >= 15 is 0 Å². The van der Waals surface area contributed by atoms with E-state index in [1.165, 1.54) is 11.3 Å². The monoisotopic (exact) mass is 312 g/mol. The molecule has 22 heavy (non-hydrogen) atoms. The lowest BCUT2D eigenvalue weighted by Gasteiger charge is -2.60. The number of thiophene rings is 1. The lowest BCUT2D eigenvalue weighted by atomic mass is 9.51. The van der Waals surface area contributed by atoms with Crippen molar-refractivity contribution < 1.29 is 9.47 Å². The smallest absolute Gasteiger partial charge is 0.215 e. The van der Waals surface area contributed by atoms with Crippen molar-refractivity contribution in [2.45, 2.75) is 25.7 Å². The van der Waals surface area contributed by atoms with Crippen molar-refractivity contribution in [2.24, 2.45) is 16.7 Å². The van der Waals surface area contributed by atoms with E-state index in [9.17, 15) is 15.8 Å². The summed E-state index contributed by atoms with van der Waals surface area (Å²) in [6.07, 6.45) is -0.876. The summed E-state index contributed by atoms with van der Waals surface area (Å²) in [6.45, 7) is 3.26. The fourth-order valence-corrected chi connectivity index (χ4v) is 4.18. The van der Waals surface area contributed by atoms with Crippen LogP contribution >= 0.6 is 11.3 Å². The van der Waals surface area contributed by atoms with Gasteiger partial charge in [-0.3, -0.25) is 5.41 Å².